The summed E-state index contributed by atoms with van der Waals surface area (Å²) in [5.74, 6) is 0.714. The van der Waals surface area contributed by atoms with Crippen LogP contribution in [0.25, 0.3) is 0 Å². The zero-order valence-electron chi connectivity index (χ0n) is 15.6. The van der Waals surface area contributed by atoms with Gasteiger partial charge in [-0.15, -0.1) is 24.0 Å². The van der Waals surface area contributed by atoms with E-state index in [2.05, 4.69) is 25.7 Å². The van der Waals surface area contributed by atoms with Crippen LogP contribution in [0.5, 0.6) is 0 Å². The Balaban J connectivity index is 0.00000364. The Labute approximate surface area is 178 Å². The number of carbonyl (C=O) groups is 1. The van der Waals surface area contributed by atoms with Crippen molar-refractivity contribution in [2.24, 2.45) is 4.99 Å². The summed E-state index contributed by atoms with van der Waals surface area (Å²) in [4.78, 5) is 16.5. The van der Waals surface area contributed by atoms with Gasteiger partial charge >= 0.3 is 0 Å². The molecule has 0 saturated carbocycles. The highest BCUT2D eigenvalue weighted by Crippen LogP contribution is 2.31. The van der Waals surface area contributed by atoms with Crippen LogP contribution in [0.15, 0.2) is 29.3 Å². The van der Waals surface area contributed by atoms with Gasteiger partial charge in [-0.2, -0.15) is 0 Å². The van der Waals surface area contributed by atoms with Gasteiger partial charge < -0.3 is 16.0 Å². The quantitative estimate of drug-likeness (QED) is 0.182. The second kappa shape index (κ2) is 11.4. The highest BCUT2D eigenvalue weighted by atomic mass is 127. The number of halogens is 1. The van der Waals surface area contributed by atoms with Crippen LogP contribution in [0, 0.1) is 0 Å². The van der Waals surface area contributed by atoms with Gasteiger partial charge in [-0.05, 0) is 25.0 Å². The Bertz CT molecular complexity index is 755. The maximum Gasteiger partial charge on any atom is 0.225 e. The van der Waals surface area contributed by atoms with Crippen LogP contribution in [0.1, 0.15) is 31.2 Å². The molecule has 1 heterocycles. The molecule has 0 fully saturated rings. The predicted octanol–water partition coefficient (Wildman–Crippen LogP) is 1.22. The zero-order valence-corrected chi connectivity index (χ0v) is 18.8. The van der Waals surface area contributed by atoms with E-state index in [0.717, 1.165) is 24.1 Å². The van der Waals surface area contributed by atoms with Crippen molar-refractivity contribution < 1.29 is 13.2 Å². The minimum absolute atomic E-state index is 0. The highest BCUT2D eigenvalue weighted by Gasteiger charge is 2.24. The normalized spacial score (nSPS) is 16.7. The van der Waals surface area contributed by atoms with Gasteiger partial charge in [0.2, 0.25) is 15.9 Å². The maximum atomic E-state index is 11.9. The first-order valence-corrected chi connectivity index (χ1v) is 10.6. The molecule has 0 bridgehead atoms. The van der Waals surface area contributed by atoms with Crippen LogP contribution < -0.4 is 20.7 Å². The van der Waals surface area contributed by atoms with Gasteiger partial charge in [-0.3, -0.25) is 9.79 Å². The fraction of sp³-hybridized carbons (Fsp3) is 0.529. The average molecular weight is 509 g/mol. The molecule has 1 aliphatic rings. The lowest BCUT2D eigenvalue weighted by Gasteiger charge is -2.24. The van der Waals surface area contributed by atoms with Crippen LogP contribution in [0.2, 0.25) is 0 Å². The number of amides is 1. The summed E-state index contributed by atoms with van der Waals surface area (Å²) in [6.07, 6.45) is 2.20. The average Bonchev–Trinajstić information content (AvgIpc) is 2.57. The molecule has 0 aromatic heterocycles. The molecule has 4 N–H and O–H groups in total. The van der Waals surface area contributed by atoms with E-state index in [1.54, 1.807) is 0 Å². The number of carbonyl (C=O) groups excluding carboxylic acids is 1. The van der Waals surface area contributed by atoms with Gasteiger partial charge in [0.1, 0.15) is 0 Å². The summed E-state index contributed by atoms with van der Waals surface area (Å²) in [7, 11) is -3.15. The van der Waals surface area contributed by atoms with E-state index in [1.165, 1.54) is 0 Å². The van der Waals surface area contributed by atoms with E-state index in [-0.39, 0.29) is 35.8 Å². The minimum Gasteiger partial charge on any atom is -0.357 e. The molecule has 1 aliphatic heterocycles. The van der Waals surface area contributed by atoms with Crippen molar-refractivity contribution in [3.63, 3.8) is 0 Å². The molecule has 10 heteroatoms. The first-order valence-electron chi connectivity index (χ1n) is 8.74. The number of fused-ring (bicyclic) bond motifs is 1. The summed E-state index contributed by atoms with van der Waals surface area (Å²) in [6.45, 7) is 4.17. The van der Waals surface area contributed by atoms with Crippen molar-refractivity contribution in [2.75, 3.05) is 37.8 Å². The van der Waals surface area contributed by atoms with Crippen molar-refractivity contribution in [1.82, 2.24) is 15.4 Å². The molecule has 1 unspecified atom stereocenters. The molecule has 152 valence electrons. The van der Waals surface area contributed by atoms with Crippen molar-refractivity contribution in [1.29, 1.82) is 0 Å². The lowest BCUT2D eigenvalue weighted by Crippen LogP contribution is -2.39. The predicted molar refractivity (Wildman–Crippen MR) is 119 cm³/mol. The van der Waals surface area contributed by atoms with Crippen molar-refractivity contribution in [2.45, 2.75) is 25.7 Å². The number of hydrogen-bond acceptors (Lipinski definition) is 4. The Morgan fingerprint density at radius 3 is 2.70 bits per heavy atom. The molecule has 0 spiro atoms. The molecule has 2 rings (SSSR count). The molecule has 1 atom stereocenters. The van der Waals surface area contributed by atoms with E-state index in [1.807, 2.05) is 31.2 Å². The standard InChI is InChI=1S/C17H27N5O3S.HI/c1-3-18-17(19-9-6-10-21-26(2,24)25)20-12-13-11-16(23)22-15-8-5-4-7-14(13)15;/h4-5,7-8,13,21H,3,6,9-12H2,1-2H3,(H,22,23)(H2,18,19,20);1H. The van der Waals surface area contributed by atoms with Gasteiger partial charge in [-0.1, -0.05) is 18.2 Å². The highest BCUT2D eigenvalue weighted by molar-refractivity contribution is 14.0. The molecule has 27 heavy (non-hydrogen) atoms. The topological polar surface area (TPSA) is 112 Å². The fourth-order valence-electron chi connectivity index (χ4n) is 2.76. The van der Waals surface area contributed by atoms with Crippen LogP contribution in [-0.4, -0.2) is 52.7 Å². The largest absolute Gasteiger partial charge is 0.357 e. The monoisotopic (exact) mass is 509 g/mol. The third-order valence-corrected chi connectivity index (χ3v) is 4.66. The number of benzene rings is 1. The first kappa shape index (κ1) is 23.6. The van der Waals surface area contributed by atoms with Gasteiger partial charge in [0.05, 0.1) is 12.8 Å². The van der Waals surface area contributed by atoms with E-state index < -0.39 is 10.0 Å². The number of guanidine groups is 1. The Morgan fingerprint density at radius 1 is 1.26 bits per heavy atom. The summed E-state index contributed by atoms with van der Waals surface area (Å²) in [5, 5.41) is 9.24. The van der Waals surface area contributed by atoms with Crippen molar-refractivity contribution in [3.8, 4) is 0 Å². The molecule has 0 saturated heterocycles. The molecule has 1 aromatic carbocycles. The summed E-state index contributed by atoms with van der Waals surface area (Å²) in [6, 6.07) is 7.79. The molecule has 0 aliphatic carbocycles. The van der Waals surface area contributed by atoms with Crippen LogP contribution in [0.4, 0.5) is 5.69 Å². The summed E-state index contributed by atoms with van der Waals surface area (Å²) in [5.41, 5.74) is 1.96. The molecule has 1 aromatic rings. The Morgan fingerprint density at radius 2 is 2.00 bits per heavy atom. The van der Waals surface area contributed by atoms with Crippen molar-refractivity contribution in [3.05, 3.63) is 29.8 Å². The fourth-order valence-corrected chi connectivity index (χ4v) is 3.28. The van der Waals surface area contributed by atoms with Gasteiger partial charge in [-0.25, -0.2) is 13.1 Å². The van der Waals surface area contributed by atoms with Crippen molar-refractivity contribution >= 4 is 51.6 Å². The van der Waals surface area contributed by atoms with E-state index in [4.69, 9.17) is 0 Å². The molecular formula is C17H28IN5O3S. The van der Waals surface area contributed by atoms with Gasteiger partial charge in [0, 0.05) is 37.7 Å². The third-order valence-electron chi connectivity index (χ3n) is 3.93. The van der Waals surface area contributed by atoms with E-state index >= 15 is 0 Å². The summed E-state index contributed by atoms with van der Waals surface area (Å²) < 4.78 is 24.5. The minimum atomic E-state index is -3.15. The maximum absolute atomic E-state index is 11.9. The summed E-state index contributed by atoms with van der Waals surface area (Å²) >= 11 is 0. The molecule has 0 radical (unpaired) electrons. The lowest BCUT2D eigenvalue weighted by atomic mass is 9.91. The van der Waals surface area contributed by atoms with Crippen LogP contribution in [0.3, 0.4) is 0 Å². The smallest absolute Gasteiger partial charge is 0.225 e. The Hall–Kier alpha value is -1.40. The number of aliphatic imine (C=N–C) groups is 1. The molecule has 1 amide bonds. The number of nitrogens with one attached hydrogen (secondary N) is 4. The first-order chi connectivity index (χ1) is 12.4. The number of sulfonamides is 1. The van der Waals surface area contributed by atoms with E-state index in [0.29, 0.717) is 38.4 Å². The zero-order chi connectivity index (χ0) is 19.0. The Kier molecular flexibility index (Phi) is 10.0. The number of hydrogen-bond donors (Lipinski definition) is 4. The molecular weight excluding hydrogens is 481 g/mol. The van der Waals surface area contributed by atoms with Crippen LogP contribution in [-0.2, 0) is 14.8 Å². The number of anilines is 1. The van der Waals surface area contributed by atoms with Gasteiger partial charge in [0.15, 0.2) is 5.96 Å². The van der Waals surface area contributed by atoms with Gasteiger partial charge in [0.25, 0.3) is 0 Å². The second-order valence-electron chi connectivity index (χ2n) is 6.20. The SMILES string of the molecule is CCNC(=NCC1CC(=O)Nc2ccccc21)NCCCNS(C)(=O)=O.I. The number of para-hydroxylation sites is 1. The third kappa shape index (κ3) is 8.43. The number of rotatable bonds is 8. The lowest BCUT2D eigenvalue weighted by molar-refractivity contribution is -0.116. The second-order valence-corrected chi connectivity index (χ2v) is 8.04. The number of nitrogens with zero attached hydrogens (tertiary/aromatic N) is 1. The molecule has 8 nitrogen and oxygen atoms in total. The van der Waals surface area contributed by atoms with E-state index in [9.17, 15) is 13.2 Å². The van der Waals surface area contributed by atoms with Crippen LogP contribution >= 0.6 is 24.0 Å².